The first-order chi connectivity index (χ1) is 12.8. The van der Waals surface area contributed by atoms with Gasteiger partial charge < -0.3 is 5.32 Å². The molecule has 1 saturated heterocycles. The first-order valence-corrected chi connectivity index (χ1v) is 9.54. The highest BCUT2D eigenvalue weighted by Crippen LogP contribution is 2.38. The number of hydrogen-bond donors (Lipinski definition) is 1. The minimum absolute atomic E-state index is 0.230. The number of nitrogens with one attached hydrogen (secondary N) is 1. The molecule has 2 heterocycles. The van der Waals surface area contributed by atoms with Crippen LogP contribution in [0.1, 0.15) is 29.5 Å². The molecule has 2 aliphatic heterocycles. The summed E-state index contributed by atoms with van der Waals surface area (Å²) in [6.07, 6.45) is 7.16. The minimum Gasteiger partial charge on any atom is -0.352 e. The maximum atomic E-state index is 12.8. The quantitative estimate of drug-likeness (QED) is 0.920. The molecule has 134 valence electrons. The molecule has 2 aromatic carbocycles. The summed E-state index contributed by atoms with van der Waals surface area (Å²) in [4.78, 5) is 15.3. The number of carbonyl (C=O) groups is 1. The van der Waals surface area contributed by atoms with Gasteiger partial charge in [0.15, 0.2) is 0 Å². The van der Waals surface area contributed by atoms with E-state index in [-0.39, 0.29) is 11.3 Å². The van der Waals surface area contributed by atoms with Crippen LogP contribution in [0.25, 0.3) is 6.08 Å². The van der Waals surface area contributed by atoms with Gasteiger partial charge in [-0.2, -0.15) is 0 Å². The average molecular weight is 346 g/mol. The molecule has 0 unspecified atom stereocenters. The van der Waals surface area contributed by atoms with Crippen LogP contribution in [0.15, 0.2) is 60.7 Å². The maximum absolute atomic E-state index is 12.8. The van der Waals surface area contributed by atoms with E-state index in [4.69, 9.17) is 0 Å². The second-order valence-electron chi connectivity index (χ2n) is 7.52. The lowest BCUT2D eigenvalue weighted by atomic mass is 9.73. The summed E-state index contributed by atoms with van der Waals surface area (Å²) in [5.74, 6) is 0.244. The van der Waals surface area contributed by atoms with Crippen molar-refractivity contribution in [2.75, 3.05) is 19.6 Å². The van der Waals surface area contributed by atoms with E-state index in [9.17, 15) is 4.79 Å². The van der Waals surface area contributed by atoms with Crippen LogP contribution in [-0.2, 0) is 17.8 Å². The van der Waals surface area contributed by atoms with Crippen molar-refractivity contribution in [1.82, 2.24) is 10.2 Å². The average Bonchev–Trinajstić information content (AvgIpc) is 2.82. The second-order valence-corrected chi connectivity index (χ2v) is 7.52. The van der Waals surface area contributed by atoms with Crippen molar-refractivity contribution in [3.63, 3.8) is 0 Å². The second kappa shape index (κ2) is 7.46. The SMILES string of the molecule is O=C1NCc2ccccc2CC12CCN(C/C=C/c1ccccc1)CC2. The first kappa shape index (κ1) is 17.0. The first-order valence-electron chi connectivity index (χ1n) is 9.54. The Balaban J connectivity index is 1.39. The normalized spacial score (nSPS) is 19.9. The van der Waals surface area contributed by atoms with E-state index in [0.717, 1.165) is 38.9 Å². The number of rotatable bonds is 3. The third kappa shape index (κ3) is 3.58. The minimum atomic E-state index is -0.230. The van der Waals surface area contributed by atoms with E-state index >= 15 is 0 Å². The zero-order chi connectivity index (χ0) is 17.8. The summed E-state index contributed by atoms with van der Waals surface area (Å²) in [5.41, 5.74) is 3.61. The van der Waals surface area contributed by atoms with Crippen LogP contribution >= 0.6 is 0 Å². The lowest BCUT2D eigenvalue weighted by molar-refractivity contribution is -0.133. The zero-order valence-corrected chi connectivity index (χ0v) is 15.2. The molecule has 3 nitrogen and oxygen atoms in total. The van der Waals surface area contributed by atoms with Gasteiger partial charge in [0.05, 0.1) is 5.41 Å². The molecule has 1 fully saturated rings. The van der Waals surface area contributed by atoms with Gasteiger partial charge >= 0.3 is 0 Å². The standard InChI is InChI=1S/C23H26N2O/c26-22-23(17-20-10-4-5-11-21(20)18-24-22)12-15-25(16-13-23)14-6-9-19-7-2-1-3-8-19/h1-11H,12-18H2,(H,24,26)/b9-6+. The Morgan fingerprint density at radius 2 is 1.65 bits per heavy atom. The van der Waals surface area contributed by atoms with Crippen LogP contribution in [0.2, 0.25) is 0 Å². The zero-order valence-electron chi connectivity index (χ0n) is 15.2. The highest BCUT2D eigenvalue weighted by atomic mass is 16.2. The molecule has 0 aliphatic carbocycles. The number of benzene rings is 2. The van der Waals surface area contributed by atoms with E-state index in [1.807, 2.05) is 6.07 Å². The molecule has 1 N–H and O–H groups in total. The van der Waals surface area contributed by atoms with E-state index in [1.165, 1.54) is 16.7 Å². The van der Waals surface area contributed by atoms with Gasteiger partial charge in [-0.15, -0.1) is 0 Å². The van der Waals surface area contributed by atoms with Crippen LogP contribution < -0.4 is 5.32 Å². The molecular formula is C23H26N2O. The molecule has 0 radical (unpaired) electrons. The van der Waals surface area contributed by atoms with Gasteiger partial charge in [0.25, 0.3) is 0 Å². The number of carbonyl (C=O) groups excluding carboxylic acids is 1. The van der Waals surface area contributed by atoms with Crippen molar-refractivity contribution in [2.24, 2.45) is 5.41 Å². The fraction of sp³-hybridized carbons (Fsp3) is 0.348. The Morgan fingerprint density at radius 1 is 0.962 bits per heavy atom. The molecule has 3 heteroatoms. The van der Waals surface area contributed by atoms with Crippen molar-refractivity contribution in [3.8, 4) is 0 Å². The summed E-state index contributed by atoms with van der Waals surface area (Å²) >= 11 is 0. The van der Waals surface area contributed by atoms with Gasteiger partial charge in [0.1, 0.15) is 0 Å². The maximum Gasteiger partial charge on any atom is 0.226 e. The molecule has 1 amide bonds. The lowest BCUT2D eigenvalue weighted by Gasteiger charge is -2.39. The van der Waals surface area contributed by atoms with Gasteiger partial charge in [0.2, 0.25) is 5.91 Å². The van der Waals surface area contributed by atoms with Crippen molar-refractivity contribution in [1.29, 1.82) is 0 Å². The monoisotopic (exact) mass is 346 g/mol. The van der Waals surface area contributed by atoms with Crippen molar-refractivity contribution in [2.45, 2.75) is 25.8 Å². The van der Waals surface area contributed by atoms with Crippen LogP contribution in [0.3, 0.4) is 0 Å². The van der Waals surface area contributed by atoms with Crippen LogP contribution in [0.5, 0.6) is 0 Å². The summed E-state index contributed by atoms with van der Waals surface area (Å²) in [5, 5.41) is 3.17. The lowest BCUT2D eigenvalue weighted by Crippen LogP contribution is -2.48. The van der Waals surface area contributed by atoms with Gasteiger partial charge in [0, 0.05) is 13.1 Å². The number of nitrogens with zero attached hydrogens (tertiary/aromatic N) is 1. The number of hydrogen-bond acceptors (Lipinski definition) is 2. The van der Waals surface area contributed by atoms with Gasteiger partial charge in [-0.3, -0.25) is 9.69 Å². The fourth-order valence-electron chi connectivity index (χ4n) is 4.18. The molecular weight excluding hydrogens is 320 g/mol. The van der Waals surface area contributed by atoms with E-state index in [0.29, 0.717) is 6.54 Å². The van der Waals surface area contributed by atoms with Crippen molar-refractivity contribution >= 4 is 12.0 Å². The van der Waals surface area contributed by atoms with Crippen molar-refractivity contribution in [3.05, 3.63) is 77.4 Å². The summed E-state index contributed by atoms with van der Waals surface area (Å²) in [7, 11) is 0. The summed E-state index contributed by atoms with van der Waals surface area (Å²) < 4.78 is 0. The summed E-state index contributed by atoms with van der Waals surface area (Å²) in [6.45, 7) is 3.58. The third-order valence-electron chi connectivity index (χ3n) is 5.85. The third-order valence-corrected chi connectivity index (χ3v) is 5.85. The highest BCUT2D eigenvalue weighted by Gasteiger charge is 2.42. The van der Waals surface area contributed by atoms with Gasteiger partial charge in [-0.1, -0.05) is 66.7 Å². The number of likely N-dealkylation sites (tertiary alicyclic amines) is 1. The predicted molar refractivity (Wildman–Crippen MR) is 106 cm³/mol. The Labute approximate surface area is 155 Å². The number of fused-ring (bicyclic) bond motifs is 1. The number of piperidine rings is 1. The Kier molecular flexibility index (Phi) is 4.89. The fourth-order valence-corrected chi connectivity index (χ4v) is 4.18. The molecule has 0 bridgehead atoms. The van der Waals surface area contributed by atoms with E-state index in [2.05, 4.69) is 70.9 Å². The Morgan fingerprint density at radius 3 is 2.42 bits per heavy atom. The van der Waals surface area contributed by atoms with Gasteiger partial charge in [-0.05, 0) is 49.0 Å². The molecule has 0 saturated carbocycles. The van der Waals surface area contributed by atoms with E-state index < -0.39 is 0 Å². The van der Waals surface area contributed by atoms with Gasteiger partial charge in [-0.25, -0.2) is 0 Å². The molecule has 4 rings (SSSR count). The molecule has 0 aromatic heterocycles. The molecule has 0 atom stereocenters. The van der Waals surface area contributed by atoms with E-state index in [1.54, 1.807) is 0 Å². The molecule has 2 aromatic rings. The molecule has 26 heavy (non-hydrogen) atoms. The smallest absolute Gasteiger partial charge is 0.226 e. The molecule has 2 aliphatic rings. The molecule has 1 spiro atoms. The Hall–Kier alpha value is -2.39. The Bertz CT molecular complexity index is 789. The largest absolute Gasteiger partial charge is 0.352 e. The predicted octanol–water partition coefficient (Wildman–Crippen LogP) is 3.65. The van der Waals surface area contributed by atoms with Crippen LogP contribution in [0.4, 0.5) is 0 Å². The highest BCUT2D eigenvalue weighted by molar-refractivity contribution is 5.83. The van der Waals surface area contributed by atoms with Crippen LogP contribution in [0, 0.1) is 5.41 Å². The van der Waals surface area contributed by atoms with Crippen LogP contribution in [-0.4, -0.2) is 30.4 Å². The van der Waals surface area contributed by atoms with Crippen molar-refractivity contribution < 1.29 is 4.79 Å². The summed E-state index contributed by atoms with van der Waals surface area (Å²) in [6, 6.07) is 18.9. The topological polar surface area (TPSA) is 32.3 Å². The number of amides is 1.